The SMILES string of the molecule is C=[CH][Sn]([CH]=C)([c]1c(F)c(F)c(F)c(F)c1F)[c]1c(F)c(F)c(F)c(F)c1F. The molecule has 0 nitrogen and oxygen atoms in total. The number of benzene rings is 2. The molecule has 0 saturated carbocycles. The molecule has 0 fully saturated rings. The molecular weight excluding hydrogens is 501 g/mol. The van der Waals surface area contributed by atoms with Crippen molar-refractivity contribution in [1.82, 2.24) is 0 Å². The average molecular weight is 507 g/mol. The summed E-state index contributed by atoms with van der Waals surface area (Å²) < 4.78 is 135. The summed E-state index contributed by atoms with van der Waals surface area (Å²) in [5.74, 6) is -24.8. The third-order valence-electron chi connectivity index (χ3n) is 3.89. The molecule has 0 bridgehead atoms. The quantitative estimate of drug-likeness (QED) is 0.254. The molecule has 0 aliphatic rings. The monoisotopic (exact) mass is 508 g/mol. The van der Waals surface area contributed by atoms with Crippen molar-refractivity contribution in [2.75, 3.05) is 0 Å². The van der Waals surface area contributed by atoms with E-state index in [9.17, 15) is 43.9 Å². The summed E-state index contributed by atoms with van der Waals surface area (Å²) in [6.45, 7) is 6.13. The molecule has 0 aliphatic heterocycles. The first kappa shape index (κ1) is 21.3. The zero-order chi connectivity index (χ0) is 20.8. The normalized spacial score (nSPS) is 11.6. The van der Waals surface area contributed by atoms with Crippen molar-refractivity contribution in [1.29, 1.82) is 0 Å². The Morgan fingerprint density at radius 2 is 0.593 bits per heavy atom. The number of hydrogen-bond acceptors (Lipinski definition) is 0. The fraction of sp³-hybridized carbons (Fsp3) is 0. The van der Waals surface area contributed by atoms with E-state index in [0.29, 0.717) is 8.18 Å². The predicted molar refractivity (Wildman–Crippen MR) is 77.9 cm³/mol. The van der Waals surface area contributed by atoms with E-state index in [2.05, 4.69) is 13.2 Å². The zero-order valence-corrected chi connectivity index (χ0v) is 15.7. The Kier molecular flexibility index (Phi) is 5.69. The number of halogens is 10. The van der Waals surface area contributed by atoms with Gasteiger partial charge in [-0.3, -0.25) is 0 Å². The predicted octanol–water partition coefficient (Wildman–Crippen LogP) is 4.09. The minimum absolute atomic E-state index is 0.443. The second-order valence-corrected chi connectivity index (χ2v) is 15.3. The van der Waals surface area contributed by atoms with Gasteiger partial charge in [0.2, 0.25) is 0 Å². The zero-order valence-electron chi connectivity index (χ0n) is 12.8. The van der Waals surface area contributed by atoms with Crippen molar-refractivity contribution in [3.8, 4) is 0 Å². The van der Waals surface area contributed by atoms with Gasteiger partial charge in [-0.15, -0.1) is 0 Å². The van der Waals surface area contributed by atoms with Gasteiger partial charge >= 0.3 is 149 Å². The maximum absolute atomic E-state index is 14.2. The van der Waals surface area contributed by atoms with Crippen molar-refractivity contribution in [3.05, 3.63) is 79.5 Å². The first-order valence-corrected chi connectivity index (χ1v) is 12.9. The van der Waals surface area contributed by atoms with Crippen LogP contribution in [0.3, 0.4) is 0 Å². The Morgan fingerprint density at radius 1 is 0.407 bits per heavy atom. The van der Waals surface area contributed by atoms with Crippen LogP contribution in [0.1, 0.15) is 0 Å². The first-order valence-electron chi connectivity index (χ1n) is 6.78. The molecule has 0 heterocycles. The van der Waals surface area contributed by atoms with Crippen LogP contribution >= 0.6 is 0 Å². The molecule has 27 heavy (non-hydrogen) atoms. The van der Waals surface area contributed by atoms with Crippen LogP contribution in [0.5, 0.6) is 0 Å². The minimum atomic E-state index is -6.10. The van der Waals surface area contributed by atoms with E-state index in [1.54, 1.807) is 0 Å². The third kappa shape index (κ3) is 2.84. The Bertz CT molecular complexity index is 845. The van der Waals surface area contributed by atoms with Crippen molar-refractivity contribution < 1.29 is 43.9 Å². The Balaban J connectivity index is 3.14. The summed E-state index contributed by atoms with van der Waals surface area (Å²) in [4.78, 5) is 0. The standard InChI is InChI=1S/2C6F5.2C2H3.Sn/c2*7-2-1-3(8)5(10)6(11)4(2)9;2*1-2;/h;;2*1H,2H2;. The topological polar surface area (TPSA) is 0 Å². The molecule has 0 N–H and O–H groups in total. The molecular formula is C16H6F10Sn. The molecule has 2 rings (SSSR count). The Morgan fingerprint density at radius 3 is 0.778 bits per heavy atom. The fourth-order valence-corrected chi connectivity index (χ4v) is 11.5. The van der Waals surface area contributed by atoms with E-state index in [0.717, 1.165) is 0 Å². The third-order valence-corrected chi connectivity index (χ3v) is 14.8. The maximum atomic E-state index is 14.2. The van der Waals surface area contributed by atoms with E-state index >= 15 is 0 Å². The molecule has 0 spiro atoms. The van der Waals surface area contributed by atoms with Gasteiger partial charge in [-0.1, -0.05) is 0 Å². The average Bonchev–Trinajstić information content (AvgIpc) is 2.66. The first-order chi connectivity index (χ1) is 12.5. The van der Waals surface area contributed by atoms with Crippen LogP contribution in [-0.2, 0) is 0 Å². The summed E-state index contributed by atoms with van der Waals surface area (Å²) in [5, 5.41) is 0. The number of rotatable bonds is 4. The van der Waals surface area contributed by atoms with E-state index < -0.39 is 83.7 Å². The van der Waals surface area contributed by atoms with Crippen LogP contribution in [0.2, 0.25) is 0 Å². The number of hydrogen-bond donors (Lipinski definition) is 0. The molecule has 2 aromatic carbocycles. The molecule has 144 valence electrons. The summed E-state index contributed by atoms with van der Waals surface area (Å²) in [7, 11) is 0. The Labute approximate surface area is 149 Å². The molecule has 0 atom stereocenters. The molecule has 0 saturated heterocycles. The molecule has 0 amide bonds. The van der Waals surface area contributed by atoms with E-state index in [1.807, 2.05) is 0 Å². The van der Waals surface area contributed by atoms with Crippen LogP contribution in [0.4, 0.5) is 43.9 Å². The van der Waals surface area contributed by atoms with Gasteiger partial charge in [-0.25, -0.2) is 0 Å². The van der Waals surface area contributed by atoms with Gasteiger partial charge in [0.25, 0.3) is 0 Å². The Hall–Kier alpha value is -1.98. The second kappa shape index (κ2) is 7.21. The summed E-state index contributed by atoms with van der Waals surface area (Å²) >= 11 is -6.10. The van der Waals surface area contributed by atoms with Crippen LogP contribution in [0, 0.1) is 58.2 Å². The summed E-state index contributed by atoms with van der Waals surface area (Å²) in [6.07, 6.45) is 0. The van der Waals surface area contributed by atoms with E-state index in [4.69, 9.17) is 0 Å². The van der Waals surface area contributed by atoms with Crippen LogP contribution in [0.25, 0.3) is 0 Å². The second-order valence-electron chi connectivity index (χ2n) is 5.17. The van der Waals surface area contributed by atoms with Crippen molar-refractivity contribution in [2.45, 2.75) is 0 Å². The van der Waals surface area contributed by atoms with Gasteiger partial charge in [0.1, 0.15) is 0 Å². The molecule has 0 unspecified atom stereocenters. The van der Waals surface area contributed by atoms with Gasteiger partial charge in [0, 0.05) is 0 Å². The van der Waals surface area contributed by atoms with Crippen LogP contribution in [-0.4, -0.2) is 18.4 Å². The van der Waals surface area contributed by atoms with Crippen LogP contribution < -0.4 is 7.16 Å². The van der Waals surface area contributed by atoms with Gasteiger partial charge in [0.15, 0.2) is 0 Å². The van der Waals surface area contributed by atoms with Crippen molar-refractivity contribution in [3.63, 3.8) is 0 Å². The summed E-state index contributed by atoms with van der Waals surface area (Å²) in [5.41, 5.74) is 0. The van der Waals surface area contributed by atoms with Gasteiger partial charge in [0.05, 0.1) is 0 Å². The van der Waals surface area contributed by atoms with Crippen molar-refractivity contribution in [2.24, 2.45) is 0 Å². The molecule has 0 aromatic heterocycles. The van der Waals surface area contributed by atoms with E-state index in [-0.39, 0.29) is 0 Å². The summed E-state index contributed by atoms with van der Waals surface area (Å²) in [6, 6.07) is 0. The molecule has 2 aromatic rings. The van der Waals surface area contributed by atoms with Crippen LogP contribution in [0.15, 0.2) is 21.3 Å². The molecule has 11 heteroatoms. The van der Waals surface area contributed by atoms with E-state index in [1.165, 1.54) is 0 Å². The fourth-order valence-electron chi connectivity index (χ4n) is 2.55. The van der Waals surface area contributed by atoms with Crippen molar-refractivity contribution >= 4 is 25.5 Å². The van der Waals surface area contributed by atoms with Gasteiger partial charge in [-0.2, -0.15) is 0 Å². The molecule has 0 radical (unpaired) electrons. The molecule has 0 aliphatic carbocycles. The van der Waals surface area contributed by atoms with Gasteiger partial charge < -0.3 is 0 Å². The van der Waals surface area contributed by atoms with Gasteiger partial charge in [-0.05, 0) is 0 Å².